The van der Waals surface area contributed by atoms with Crippen molar-refractivity contribution in [3.8, 4) is 5.75 Å². The molecule has 0 saturated carbocycles. The minimum atomic E-state index is -0.112. The van der Waals surface area contributed by atoms with Crippen molar-refractivity contribution in [1.29, 1.82) is 0 Å². The minimum Gasteiger partial charge on any atom is -0.495 e. The predicted molar refractivity (Wildman–Crippen MR) is 76.5 cm³/mol. The zero-order chi connectivity index (χ0) is 13.8. The van der Waals surface area contributed by atoms with E-state index in [0.717, 1.165) is 30.6 Å². The molecule has 2 N–H and O–H groups in total. The number of piperidine rings is 1. The molecular formula is C15H22N2O2. The van der Waals surface area contributed by atoms with Gasteiger partial charge in [-0.15, -0.1) is 0 Å². The number of amides is 1. The van der Waals surface area contributed by atoms with Gasteiger partial charge in [0.25, 0.3) is 0 Å². The van der Waals surface area contributed by atoms with E-state index in [1.54, 1.807) is 7.11 Å². The van der Waals surface area contributed by atoms with Gasteiger partial charge < -0.3 is 15.4 Å². The molecule has 1 aromatic carbocycles. The molecule has 4 nitrogen and oxygen atoms in total. The molecule has 1 aliphatic rings. The molecule has 1 saturated heterocycles. The van der Waals surface area contributed by atoms with Gasteiger partial charge in [-0.05, 0) is 49.9 Å². The Morgan fingerprint density at radius 1 is 1.47 bits per heavy atom. The van der Waals surface area contributed by atoms with Gasteiger partial charge >= 0.3 is 0 Å². The average molecular weight is 262 g/mol. The third-order valence-electron chi connectivity index (χ3n) is 3.66. The van der Waals surface area contributed by atoms with E-state index in [9.17, 15) is 4.79 Å². The van der Waals surface area contributed by atoms with Crippen LogP contribution in [0.15, 0.2) is 18.2 Å². The van der Waals surface area contributed by atoms with Crippen LogP contribution in [0.5, 0.6) is 5.75 Å². The number of methoxy groups -OCH3 is 1. The zero-order valence-corrected chi connectivity index (χ0v) is 11.8. The summed E-state index contributed by atoms with van der Waals surface area (Å²) in [6, 6.07) is 5.67. The molecule has 0 aliphatic carbocycles. The highest BCUT2D eigenvalue weighted by molar-refractivity contribution is 5.96. The van der Waals surface area contributed by atoms with Gasteiger partial charge in [-0.25, -0.2) is 0 Å². The van der Waals surface area contributed by atoms with Crippen molar-refractivity contribution in [1.82, 2.24) is 5.32 Å². The molecule has 4 heteroatoms. The molecule has 2 rings (SSSR count). The number of hydrogen-bond acceptors (Lipinski definition) is 3. The molecule has 1 heterocycles. The first kappa shape index (κ1) is 13.9. The van der Waals surface area contributed by atoms with Gasteiger partial charge in [0.15, 0.2) is 0 Å². The lowest BCUT2D eigenvalue weighted by Gasteiger charge is -2.29. The maximum Gasteiger partial charge on any atom is 0.241 e. The quantitative estimate of drug-likeness (QED) is 0.879. The Labute approximate surface area is 114 Å². The van der Waals surface area contributed by atoms with Crippen molar-refractivity contribution >= 4 is 11.6 Å². The van der Waals surface area contributed by atoms with Crippen LogP contribution in [0.25, 0.3) is 0 Å². The summed E-state index contributed by atoms with van der Waals surface area (Å²) in [5.74, 6) is 1.09. The van der Waals surface area contributed by atoms with Crippen LogP contribution in [0.4, 0.5) is 5.69 Å². The van der Waals surface area contributed by atoms with Crippen molar-refractivity contribution in [3.05, 3.63) is 23.8 Å². The molecule has 1 aliphatic heterocycles. The second-order valence-corrected chi connectivity index (χ2v) is 5.24. The second-order valence-electron chi connectivity index (χ2n) is 5.24. The normalized spacial score (nSPS) is 22.9. The maximum absolute atomic E-state index is 12.3. The summed E-state index contributed by atoms with van der Waals surface area (Å²) in [5, 5.41) is 6.26. The molecule has 1 aromatic rings. The topological polar surface area (TPSA) is 50.4 Å². The van der Waals surface area contributed by atoms with Gasteiger partial charge in [0, 0.05) is 0 Å². The molecular weight excluding hydrogens is 240 g/mol. The third-order valence-corrected chi connectivity index (χ3v) is 3.66. The van der Waals surface area contributed by atoms with Crippen LogP contribution in [-0.2, 0) is 4.79 Å². The number of anilines is 1. The van der Waals surface area contributed by atoms with Crippen molar-refractivity contribution in [3.63, 3.8) is 0 Å². The van der Waals surface area contributed by atoms with Crippen molar-refractivity contribution in [2.24, 2.45) is 5.92 Å². The highest BCUT2D eigenvalue weighted by Gasteiger charge is 2.27. The largest absolute Gasteiger partial charge is 0.495 e. The van der Waals surface area contributed by atoms with E-state index in [0.29, 0.717) is 11.7 Å². The van der Waals surface area contributed by atoms with Crippen LogP contribution >= 0.6 is 0 Å². The lowest BCUT2D eigenvalue weighted by atomic mass is 9.92. The Morgan fingerprint density at radius 2 is 2.26 bits per heavy atom. The molecule has 104 valence electrons. The Hall–Kier alpha value is -1.55. The summed E-state index contributed by atoms with van der Waals surface area (Å²) in [6.07, 6.45) is 2.23. The fourth-order valence-corrected chi connectivity index (χ4v) is 2.53. The molecule has 0 radical (unpaired) electrons. The number of benzene rings is 1. The first-order chi connectivity index (χ1) is 9.11. The van der Waals surface area contributed by atoms with E-state index in [2.05, 4.69) is 17.6 Å². The number of carbonyl (C=O) groups excluding carboxylic acids is 1. The second kappa shape index (κ2) is 6.06. The molecule has 0 bridgehead atoms. The van der Waals surface area contributed by atoms with Crippen LogP contribution < -0.4 is 15.4 Å². The van der Waals surface area contributed by atoms with Gasteiger partial charge in [-0.2, -0.15) is 0 Å². The van der Waals surface area contributed by atoms with E-state index in [1.807, 2.05) is 25.1 Å². The lowest BCUT2D eigenvalue weighted by molar-refractivity contribution is -0.119. The van der Waals surface area contributed by atoms with Crippen LogP contribution in [0.2, 0.25) is 0 Å². The van der Waals surface area contributed by atoms with E-state index in [4.69, 9.17) is 4.74 Å². The van der Waals surface area contributed by atoms with Crippen LogP contribution in [-0.4, -0.2) is 25.6 Å². The summed E-state index contributed by atoms with van der Waals surface area (Å²) < 4.78 is 5.28. The highest BCUT2D eigenvalue weighted by atomic mass is 16.5. The molecule has 0 aromatic heterocycles. The smallest absolute Gasteiger partial charge is 0.241 e. The van der Waals surface area contributed by atoms with Gasteiger partial charge in [-0.3, -0.25) is 4.79 Å². The third kappa shape index (κ3) is 3.26. The van der Waals surface area contributed by atoms with Gasteiger partial charge in [0.2, 0.25) is 5.91 Å². The van der Waals surface area contributed by atoms with E-state index >= 15 is 0 Å². The predicted octanol–water partition coefficient (Wildman–Crippen LogP) is 2.33. The molecule has 2 atom stereocenters. The van der Waals surface area contributed by atoms with Crippen LogP contribution in [0.3, 0.4) is 0 Å². The Balaban J connectivity index is 2.11. The Morgan fingerprint density at radius 3 is 2.95 bits per heavy atom. The summed E-state index contributed by atoms with van der Waals surface area (Å²) in [6.45, 7) is 5.02. The number of hydrogen-bond donors (Lipinski definition) is 2. The van der Waals surface area contributed by atoms with E-state index in [1.165, 1.54) is 0 Å². The molecule has 0 spiro atoms. The Kier molecular flexibility index (Phi) is 4.43. The molecule has 1 amide bonds. The van der Waals surface area contributed by atoms with Crippen molar-refractivity contribution in [2.75, 3.05) is 19.0 Å². The Bertz CT molecular complexity index is 459. The zero-order valence-electron chi connectivity index (χ0n) is 11.8. The van der Waals surface area contributed by atoms with Crippen LogP contribution in [0, 0.1) is 12.8 Å². The highest BCUT2D eigenvalue weighted by Crippen LogP contribution is 2.26. The first-order valence-electron chi connectivity index (χ1n) is 6.80. The average Bonchev–Trinajstić information content (AvgIpc) is 2.39. The number of ether oxygens (including phenoxy) is 1. The minimum absolute atomic E-state index is 0.0242. The SMILES string of the molecule is COc1ccc(C)cc1NC(=O)C1NCCCC1C. The maximum atomic E-state index is 12.3. The molecule has 2 unspecified atom stereocenters. The number of rotatable bonds is 3. The lowest BCUT2D eigenvalue weighted by Crippen LogP contribution is -2.48. The molecule has 19 heavy (non-hydrogen) atoms. The van der Waals surface area contributed by atoms with E-state index in [-0.39, 0.29) is 11.9 Å². The van der Waals surface area contributed by atoms with Gasteiger partial charge in [-0.1, -0.05) is 13.0 Å². The van der Waals surface area contributed by atoms with Crippen LogP contribution in [0.1, 0.15) is 25.3 Å². The summed E-state index contributed by atoms with van der Waals surface area (Å²) >= 11 is 0. The summed E-state index contributed by atoms with van der Waals surface area (Å²) in [5.41, 5.74) is 1.84. The number of nitrogens with one attached hydrogen (secondary N) is 2. The number of aryl methyl sites for hydroxylation is 1. The van der Waals surface area contributed by atoms with Crippen molar-refractivity contribution < 1.29 is 9.53 Å². The first-order valence-corrected chi connectivity index (χ1v) is 6.80. The van der Waals surface area contributed by atoms with Gasteiger partial charge in [0.05, 0.1) is 18.8 Å². The fraction of sp³-hybridized carbons (Fsp3) is 0.533. The van der Waals surface area contributed by atoms with Gasteiger partial charge in [0.1, 0.15) is 5.75 Å². The van der Waals surface area contributed by atoms with E-state index < -0.39 is 0 Å². The fourth-order valence-electron chi connectivity index (χ4n) is 2.53. The monoisotopic (exact) mass is 262 g/mol. The summed E-state index contributed by atoms with van der Waals surface area (Å²) in [7, 11) is 1.61. The van der Waals surface area contributed by atoms with Crippen molar-refractivity contribution in [2.45, 2.75) is 32.7 Å². The number of carbonyl (C=O) groups is 1. The standard InChI is InChI=1S/C15H22N2O2/c1-10-6-7-13(19-3)12(9-10)17-15(18)14-11(2)5-4-8-16-14/h6-7,9,11,14,16H,4-5,8H2,1-3H3,(H,17,18). The molecule has 1 fully saturated rings. The summed E-state index contributed by atoms with van der Waals surface area (Å²) in [4.78, 5) is 12.3.